The molecule has 1 N–H and O–H groups in total. The number of nitrogens with zero attached hydrogens (tertiary/aromatic N) is 3. The van der Waals surface area contributed by atoms with E-state index in [9.17, 15) is 14.0 Å². The van der Waals surface area contributed by atoms with Gasteiger partial charge in [-0.15, -0.1) is 0 Å². The average Bonchev–Trinajstić information content (AvgIpc) is 3.45. The number of amides is 1. The van der Waals surface area contributed by atoms with Crippen molar-refractivity contribution in [1.82, 2.24) is 14.7 Å². The van der Waals surface area contributed by atoms with Crippen LogP contribution in [0.3, 0.4) is 0 Å². The molecule has 0 saturated heterocycles. The first-order chi connectivity index (χ1) is 15.4. The number of hydrogen-bond donors (Lipinski definition) is 1. The summed E-state index contributed by atoms with van der Waals surface area (Å²) in [6.07, 6.45) is 1.72. The lowest BCUT2D eigenvalue weighted by Crippen LogP contribution is -2.18. The quantitative estimate of drug-likeness (QED) is 0.392. The number of ether oxygens (including phenoxy) is 1. The van der Waals surface area contributed by atoms with Crippen molar-refractivity contribution in [3.8, 4) is 23.0 Å². The van der Waals surface area contributed by atoms with Gasteiger partial charge in [-0.05, 0) is 70.5 Å². The molecule has 0 saturated carbocycles. The van der Waals surface area contributed by atoms with Crippen LogP contribution in [0.5, 0.6) is 0 Å². The van der Waals surface area contributed by atoms with Crippen molar-refractivity contribution in [2.75, 3.05) is 12.4 Å². The molecule has 0 aliphatic rings. The van der Waals surface area contributed by atoms with Gasteiger partial charge in [-0.3, -0.25) is 4.79 Å². The van der Waals surface area contributed by atoms with Gasteiger partial charge in [0, 0.05) is 17.4 Å². The van der Waals surface area contributed by atoms with Gasteiger partial charge in [-0.2, -0.15) is 4.98 Å². The molecule has 0 fully saturated rings. The van der Waals surface area contributed by atoms with E-state index in [0.29, 0.717) is 32.8 Å². The summed E-state index contributed by atoms with van der Waals surface area (Å²) in [4.78, 5) is 28.4. The van der Waals surface area contributed by atoms with E-state index < -0.39 is 11.8 Å². The predicted molar refractivity (Wildman–Crippen MR) is 117 cm³/mol. The van der Waals surface area contributed by atoms with Crippen LogP contribution >= 0.6 is 15.9 Å². The smallest absolute Gasteiger partial charge is 0.337 e. The van der Waals surface area contributed by atoms with Gasteiger partial charge in [0.2, 0.25) is 11.7 Å². The summed E-state index contributed by atoms with van der Waals surface area (Å²) in [6.45, 7) is 0.000889. The molecule has 32 heavy (non-hydrogen) atoms. The van der Waals surface area contributed by atoms with E-state index in [1.165, 1.54) is 13.2 Å². The maximum Gasteiger partial charge on any atom is 0.337 e. The van der Waals surface area contributed by atoms with Crippen molar-refractivity contribution in [1.29, 1.82) is 0 Å². The zero-order chi connectivity index (χ0) is 22.7. The van der Waals surface area contributed by atoms with Gasteiger partial charge in [0.05, 0.1) is 17.1 Å². The molecular formula is C22H16BrFN4O4. The largest absolute Gasteiger partial charge is 0.465 e. The molecule has 4 aromatic rings. The predicted octanol–water partition coefficient (Wildman–Crippen LogP) is 4.53. The van der Waals surface area contributed by atoms with Crippen LogP contribution in [0.15, 0.2) is 69.8 Å². The van der Waals surface area contributed by atoms with Gasteiger partial charge in [0.1, 0.15) is 18.1 Å². The van der Waals surface area contributed by atoms with E-state index in [2.05, 4.69) is 36.1 Å². The number of carbonyl (C=O) groups is 2. The Morgan fingerprint density at radius 3 is 2.69 bits per heavy atom. The van der Waals surface area contributed by atoms with E-state index >= 15 is 0 Å². The van der Waals surface area contributed by atoms with Gasteiger partial charge < -0.3 is 19.1 Å². The van der Waals surface area contributed by atoms with Crippen molar-refractivity contribution in [3.05, 3.63) is 76.6 Å². The Balaban J connectivity index is 1.47. The molecule has 10 heteroatoms. The number of aromatic nitrogens is 3. The first-order valence-corrected chi connectivity index (χ1v) is 10.2. The zero-order valence-corrected chi connectivity index (χ0v) is 18.3. The molecule has 162 valence electrons. The van der Waals surface area contributed by atoms with Gasteiger partial charge >= 0.3 is 5.97 Å². The van der Waals surface area contributed by atoms with Crippen molar-refractivity contribution >= 4 is 33.5 Å². The topological polar surface area (TPSA) is 99.2 Å². The van der Waals surface area contributed by atoms with Crippen molar-refractivity contribution in [2.24, 2.45) is 0 Å². The summed E-state index contributed by atoms with van der Waals surface area (Å²) in [6, 6.07) is 14.3. The molecule has 0 spiro atoms. The van der Waals surface area contributed by atoms with Crippen LogP contribution in [0.2, 0.25) is 0 Å². The van der Waals surface area contributed by atoms with Crippen LogP contribution in [-0.2, 0) is 16.1 Å². The van der Waals surface area contributed by atoms with Crippen molar-refractivity contribution in [3.63, 3.8) is 0 Å². The summed E-state index contributed by atoms with van der Waals surface area (Å²) >= 11 is 3.14. The summed E-state index contributed by atoms with van der Waals surface area (Å²) in [5, 5.41) is 6.72. The molecule has 0 unspecified atom stereocenters. The molecule has 4 rings (SSSR count). The van der Waals surface area contributed by atoms with Gasteiger partial charge in [-0.25, -0.2) is 9.18 Å². The highest BCUT2D eigenvalue weighted by Crippen LogP contribution is 2.26. The highest BCUT2D eigenvalue weighted by molar-refractivity contribution is 9.10. The molecule has 0 aliphatic heterocycles. The van der Waals surface area contributed by atoms with Crippen LogP contribution < -0.4 is 5.32 Å². The molecule has 8 nitrogen and oxygen atoms in total. The third-order valence-electron chi connectivity index (χ3n) is 4.56. The van der Waals surface area contributed by atoms with Gasteiger partial charge in [0.15, 0.2) is 0 Å². The Kier molecular flexibility index (Phi) is 6.13. The van der Waals surface area contributed by atoms with Crippen molar-refractivity contribution < 1.29 is 23.2 Å². The summed E-state index contributed by atoms with van der Waals surface area (Å²) in [5.41, 5.74) is 2.07. The van der Waals surface area contributed by atoms with Gasteiger partial charge in [-0.1, -0.05) is 5.16 Å². The second-order valence-electron chi connectivity index (χ2n) is 6.69. The summed E-state index contributed by atoms with van der Waals surface area (Å²) in [7, 11) is 1.30. The Labute approximate surface area is 190 Å². The Morgan fingerprint density at radius 2 is 1.97 bits per heavy atom. The number of nitrogens with one attached hydrogen (secondary N) is 1. The second-order valence-corrected chi connectivity index (χ2v) is 7.54. The minimum Gasteiger partial charge on any atom is -0.465 e. The highest BCUT2D eigenvalue weighted by atomic mass is 79.9. The number of methoxy groups -OCH3 is 1. The lowest BCUT2D eigenvalue weighted by Gasteiger charge is -2.08. The van der Waals surface area contributed by atoms with Crippen LogP contribution in [0.4, 0.5) is 10.1 Å². The normalized spacial score (nSPS) is 10.7. The number of halogens is 2. The molecule has 2 aromatic carbocycles. The maximum absolute atomic E-state index is 13.5. The first kappa shape index (κ1) is 21.4. The Morgan fingerprint density at radius 1 is 1.19 bits per heavy atom. The third-order valence-corrected chi connectivity index (χ3v) is 5.16. The Hall–Kier alpha value is -3.79. The minimum atomic E-state index is -0.452. The van der Waals surface area contributed by atoms with Crippen LogP contribution in [0.1, 0.15) is 10.4 Å². The molecule has 0 radical (unpaired) electrons. The highest BCUT2D eigenvalue weighted by Gasteiger charge is 2.16. The van der Waals surface area contributed by atoms with E-state index in [-0.39, 0.29) is 18.3 Å². The van der Waals surface area contributed by atoms with Crippen LogP contribution in [-0.4, -0.2) is 33.7 Å². The van der Waals surface area contributed by atoms with E-state index in [4.69, 9.17) is 4.52 Å². The molecule has 0 bridgehead atoms. The SMILES string of the molecule is COC(=O)c1ccc(NC(=O)Cn2cccc2-c2nc(-c3ccc(F)c(Br)c3)no2)cc1. The zero-order valence-electron chi connectivity index (χ0n) is 16.7. The van der Waals surface area contributed by atoms with E-state index in [0.717, 1.165) is 0 Å². The lowest BCUT2D eigenvalue weighted by molar-refractivity contribution is -0.116. The number of anilines is 1. The number of carbonyl (C=O) groups excluding carboxylic acids is 2. The lowest BCUT2D eigenvalue weighted by atomic mass is 10.2. The molecule has 1 amide bonds. The molecule has 0 atom stereocenters. The van der Waals surface area contributed by atoms with Gasteiger partial charge in [0.25, 0.3) is 5.89 Å². The average molecular weight is 499 g/mol. The second kappa shape index (κ2) is 9.15. The van der Waals surface area contributed by atoms with Crippen LogP contribution in [0.25, 0.3) is 23.0 Å². The fourth-order valence-electron chi connectivity index (χ4n) is 2.99. The van der Waals surface area contributed by atoms with E-state index in [1.54, 1.807) is 59.3 Å². The van der Waals surface area contributed by atoms with Crippen molar-refractivity contribution in [2.45, 2.75) is 6.54 Å². The fraction of sp³-hybridized carbons (Fsp3) is 0.0909. The van der Waals surface area contributed by atoms with Crippen LogP contribution in [0, 0.1) is 5.82 Å². The number of esters is 1. The third kappa shape index (κ3) is 4.59. The molecule has 2 aromatic heterocycles. The minimum absolute atomic E-state index is 0.000889. The number of hydrogen-bond acceptors (Lipinski definition) is 6. The first-order valence-electron chi connectivity index (χ1n) is 9.37. The molecule has 0 aliphatic carbocycles. The monoisotopic (exact) mass is 498 g/mol. The number of benzene rings is 2. The Bertz CT molecular complexity index is 1280. The standard InChI is InChI=1S/C22H16BrFN4O4/c1-31-22(30)13-4-7-15(8-5-13)25-19(29)12-28-10-2-3-18(28)21-26-20(27-32-21)14-6-9-17(24)16(23)11-14/h2-11H,12H2,1H3,(H,25,29). The summed E-state index contributed by atoms with van der Waals surface area (Å²) in [5.74, 6) is -0.608. The maximum atomic E-state index is 13.5. The summed E-state index contributed by atoms with van der Waals surface area (Å²) < 4.78 is 25.4. The molecular weight excluding hydrogens is 483 g/mol. The molecule has 2 heterocycles. The van der Waals surface area contributed by atoms with E-state index in [1.807, 2.05) is 0 Å². The number of rotatable bonds is 6. The fourth-order valence-corrected chi connectivity index (χ4v) is 3.37.